The number of halogens is 1. The molecule has 1 amide bonds. The Morgan fingerprint density at radius 1 is 1.23 bits per heavy atom. The maximum Gasteiger partial charge on any atom is 0.285 e. The Morgan fingerprint density at radius 3 is 2.54 bits per heavy atom. The van der Waals surface area contributed by atoms with Gasteiger partial charge in [-0.15, -0.1) is 10.2 Å². The Balaban J connectivity index is 1.77. The van der Waals surface area contributed by atoms with Gasteiger partial charge < -0.3 is 14.2 Å². The van der Waals surface area contributed by atoms with E-state index < -0.39 is 15.9 Å². The van der Waals surface area contributed by atoms with Gasteiger partial charge in [0.2, 0.25) is 0 Å². The minimum absolute atomic E-state index is 0.0852. The molecule has 1 N–H and O–H groups in total. The molecule has 0 fully saturated rings. The molecule has 0 spiro atoms. The second kappa shape index (κ2) is 11.0. The topological polar surface area (TPSA) is 128 Å². The molecule has 1 aromatic carbocycles. The van der Waals surface area contributed by atoms with Crippen molar-refractivity contribution in [3.05, 3.63) is 69.7 Å². The summed E-state index contributed by atoms with van der Waals surface area (Å²) in [5.41, 5.74) is 1.84. The molecule has 0 bridgehead atoms. The van der Waals surface area contributed by atoms with Crippen molar-refractivity contribution in [2.75, 3.05) is 18.1 Å². The summed E-state index contributed by atoms with van der Waals surface area (Å²) in [6.07, 6.45) is 0. The predicted molar refractivity (Wildman–Crippen MR) is 134 cm³/mol. The van der Waals surface area contributed by atoms with Crippen LogP contribution in [0.15, 0.2) is 56.4 Å². The molecule has 3 aromatic rings. The summed E-state index contributed by atoms with van der Waals surface area (Å²) in [4.78, 5) is 14.3. The number of carbonyl (C=O) groups is 1. The van der Waals surface area contributed by atoms with E-state index in [4.69, 9.17) is 9.26 Å². The van der Waals surface area contributed by atoms with Crippen molar-refractivity contribution in [3.63, 3.8) is 0 Å². The molecular weight excluding hydrogens is 538 g/mol. The van der Waals surface area contributed by atoms with Gasteiger partial charge in [0.05, 0.1) is 0 Å². The number of aromatic nitrogens is 3. The molecule has 0 radical (unpaired) electrons. The lowest BCUT2D eigenvalue weighted by atomic mass is 10.2. The number of amides is 1. The van der Waals surface area contributed by atoms with Crippen LogP contribution in [0.3, 0.4) is 0 Å². The number of ether oxygens (including phenoxy) is 1. The van der Waals surface area contributed by atoms with Crippen molar-refractivity contribution in [3.8, 4) is 5.75 Å². The van der Waals surface area contributed by atoms with E-state index in [1.165, 1.54) is 19.9 Å². The summed E-state index contributed by atoms with van der Waals surface area (Å²) in [6, 6.07) is 8.78. The smallest absolute Gasteiger partial charge is 0.285 e. The van der Waals surface area contributed by atoms with Crippen molar-refractivity contribution in [2.45, 2.75) is 39.1 Å². The predicted octanol–water partition coefficient (Wildman–Crippen LogP) is 3.94. The van der Waals surface area contributed by atoms with Crippen LogP contribution in [0.25, 0.3) is 0 Å². The Morgan fingerprint density at radius 2 is 1.97 bits per heavy atom. The first kappa shape index (κ1) is 26.4. The average molecular weight is 564 g/mol. The van der Waals surface area contributed by atoms with Crippen LogP contribution >= 0.6 is 15.9 Å². The molecular formula is C23H26BrN5O5S. The minimum Gasteiger partial charge on any atom is -0.489 e. The summed E-state index contributed by atoms with van der Waals surface area (Å²) in [5, 5.41) is 11.7. The molecule has 0 aliphatic carbocycles. The number of rotatable bonds is 10. The molecule has 0 aliphatic rings. The van der Waals surface area contributed by atoms with Crippen molar-refractivity contribution < 1.29 is 22.5 Å². The first-order valence-corrected chi connectivity index (χ1v) is 12.9. The van der Waals surface area contributed by atoms with Gasteiger partial charge in [-0.05, 0) is 63.6 Å². The number of nitrogens with zero attached hydrogens (tertiary/aromatic N) is 4. The van der Waals surface area contributed by atoms with Gasteiger partial charge in [-0.1, -0.05) is 27.7 Å². The Kier molecular flexibility index (Phi) is 8.28. The highest BCUT2D eigenvalue weighted by Gasteiger charge is 2.27. The molecule has 3 rings (SSSR count). The molecule has 186 valence electrons. The number of benzene rings is 1. The van der Waals surface area contributed by atoms with Gasteiger partial charge in [-0.3, -0.25) is 4.79 Å². The van der Waals surface area contributed by atoms with Gasteiger partial charge in [-0.25, -0.2) is 13.1 Å². The standard InChI is InChI=1S/C23H26BrN5O5S/c1-6-29(12-17-11-18(24)7-9-20(17)33-13-14(2)3)21-10-8-19(25-26-21)23(30)28-35(31,32)22-15(4)27-34-16(22)5/h7-11H,2,6,12-13H2,1,3-5H3,(H,28,30). The summed E-state index contributed by atoms with van der Waals surface area (Å²) >= 11 is 3.49. The molecule has 0 unspecified atom stereocenters. The third kappa shape index (κ3) is 6.45. The molecule has 0 saturated heterocycles. The Labute approximate surface area is 212 Å². The monoisotopic (exact) mass is 563 g/mol. The van der Waals surface area contributed by atoms with Crippen molar-refractivity contribution >= 4 is 37.7 Å². The molecule has 0 atom stereocenters. The van der Waals surface area contributed by atoms with E-state index in [0.29, 0.717) is 25.5 Å². The zero-order valence-electron chi connectivity index (χ0n) is 19.8. The van der Waals surface area contributed by atoms with Gasteiger partial charge in [0.15, 0.2) is 22.2 Å². The zero-order chi connectivity index (χ0) is 25.8. The van der Waals surface area contributed by atoms with Crippen LogP contribution in [0.5, 0.6) is 5.75 Å². The maximum absolute atomic E-state index is 12.6. The van der Waals surface area contributed by atoms with E-state index in [2.05, 4.69) is 37.9 Å². The highest BCUT2D eigenvalue weighted by atomic mass is 79.9. The molecule has 12 heteroatoms. The fourth-order valence-electron chi connectivity index (χ4n) is 3.27. The van der Waals surface area contributed by atoms with Crippen LogP contribution in [0.1, 0.15) is 41.4 Å². The van der Waals surface area contributed by atoms with Crippen molar-refractivity contribution in [1.29, 1.82) is 0 Å². The first-order chi connectivity index (χ1) is 16.5. The SMILES string of the molecule is C=C(C)COc1ccc(Br)cc1CN(CC)c1ccc(C(=O)NS(=O)(=O)c2c(C)noc2C)nn1. The molecule has 35 heavy (non-hydrogen) atoms. The summed E-state index contributed by atoms with van der Waals surface area (Å²) in [6.45, 7) is 12.1. The minimum atomic E-state index is -4.18. The fourth-order valence-corrected chi connectivity index (χ4v) is 4.97. The number of carbonyl (C=O) groups excluding carboxylic acids is 1. The second-order valence-electron chi connectivity index (χ2n) is 7.88. The quantitative estimate of drug-likeness (QED) is 0.364. The number of aryl methyl sites for hydroxylation is 2. The van der Waals surface area contributed by atoms with Gasteiger partial charge in [0.25, 0.3) is 15.9 Å². The van der Waals surface area contributed by atoms with Crippen LogP contribution in [0, 0.1) is 13.8 Å². The number of hydrogen-bond acceptors (Lipinski definition) is 9. The number of sulfonamides is 1. The summed E-state index contributed by atoms with van der Waals surface area (Å²) in [5.74, 6) is 0.420. The van der Waals surface area contributed by atoms with E-state index >= 15 is 0 Å². The maximum atomic E-state index is 12.6. The number of anilines is 1. The Bertz CT molecular complexity index is 1320. The van der Waals surface area contributed by atoms with Gasteiger partial charge in [0.1, 0.15) is 18.1 Å². The zero-order valence-corrected chi connectivity index (χ0v) is 22.2. The number of hydrogen-bond donors (Lipinski definition) is 1. The van der Waals surface area contributed by atoms with E-state index in [-0.39, 0.29) is 22.0 Å². The highest BCUT2D eigenvalue weighted by Crippen LogP contribution is 2.26. The lowest BCUT2D eigenvalue weighted by Crippen LogP contribution is -2.32. The van der Waals surface area contributed by atoms with E-state index in [0.717, 1.165) is 21.4 Å². The largest absolute Gasteiger partial charge is 0.489 e. The lowest BCUT2D eigenvalue weighted by Gasteiger charge is -2.23. The number of nitrogens with one attached hydrogen (secondary N) is 1. The second-order valence-corrected chi connectivity index (χ2v) is 10.4. The summed E-state index contributed by atoms with van der Waals surface area (Å²) in [7, 11) is -4.18. The summed E-state index contributed by atoms with van der Waals surface area (Å²) < 4.78 is 38.8. The van der Waals surface area contributed by atoms with Crippen LogP contribution < -0.4 is 14.4 Å². The van der Waals surface area contributed by atoms with Gasteiger partial charge in [-0.2, -0.15) is 0 Å². The molecule has 0 aliphatic heterocycles. The van der Waals surface area contributed by atoms with Crippen LogP contribution in [-0.2, 0) is 16.6 Å². The van der Waals surface area contributed by atoms with E-state index in [1.54, 1.807) is 6.07 Å². The molecule has 2 heterocycles. The highest BCUT2D eigenvalue weighted by molar-refractivity contribution is 9.10. The van der Waals surface area contributed by atoms with Crippen molar-refractivity contribution in [1.82, 2.24) is 20.1 Å². The van der Waals surface area contributed by atoms with Crippen LogP contribution in [-0.4, -0.2) is 42.8 Å². The molecule has 10 nitrogen and oxygen atoms in total. The van der Waals surface area contributed by atoms with Gasteiger partial charge in [0, 0.05) is 23.1 Å². The molecule has 2 aromatic heterocycles. The van der Waals surface area contributed by atoms with Crippen molar-refractivity contribution in [2.24, 2.45) is 0 Å². The third-order valence-corrected chi connectivity index (χ3v) is 6.98. The normalized spacial score (nSPS) is 11.2. The van der Waals surface area contributed by atoms with E-state index in [9.17, 15) is 13.2 Å². The van der Waals surface area contributed by atoms with Gasteiger partial charge >= 0.3 is 0 Å². The van der Waals surface area contributed by atoms with Crippen LogP contribution in [0.4, 0.5) is 5.82 Å². The van der Waals surface area contributed by atoms with Crippen LogP contribution in [0.2, 0.25) is 0 Å². The Hall–Kier alpha value is -3.25. The van der Waals surface area contributed by atoms with E-state index in [1.807, 2.05) is 41.7 Å². The first-order valence-electron chi connectivity index (χ1n) is 10.7. The molecule has 0 saturated carbocycles. The lowest BCUT2D eigenvalue weighted by molar-refractivity contribution is 0.0975. The fraction of sp³-hybridized carbons (Fsp3) is 0.304. The average Bonchev–Trinajstić information content (AvgIpc) is 3.15. The third-order valence-electron chi connectivity index (χ3n) is 4.91.